The maximum atomic E-state index is 12.1. The monoisotopic (exact) mass is 333 g/mol. The van der Waals surface area contributed by atoms with Crippen molar-refractivity contribution in [3.63, 3.8) is 0 Å². The van der Waals surface area contributed by atoms with E-state index in [1.54, 1.807) is 29.5 Å². The molecule has 1 aromatic carbocycles. The van der Waals surface area contributed by atoms with Gasteiger partial charge in [0.25, 0.3) is 0 Å². The molecular weight excluding hydrogens is 310 g/mol. The summed E-state index contributed by atoms with van der Waals surface area (Å²) in [6.45, 7) is 2.42. The van der Waals surface area contributed by atoms with Gasteiger partial charge in [0.1, 0.15) is 5.75 Å². The van der Waals surface area contributed by atoms with E-state index in [9.17, 15) is 9.90 Å². The Kier molecular flexibility index (Phi) is 6.01. The van der Waals surface area contributed by atoms with E-state index in [1.165, 1.54) is 4.88 Å². The molecule has 0 unspecified atom stereocenters. The smallest absolute Gasteiger partial charge is 0.315 e. The maximum Gasteiger partial charge on any atom is 0.315 e. The molecule has 0 fully saturated rings. The zero-order valence-corrected chi connectivity index (χ0v) is 14.4. The minimum Gasteiger partial charge on any atom is -0.508 e. The largest absolute Gasteiger partial charge is 0.508 e. The lowest BCUT2D eigenvalue weighted by Crippen LogP contribution is -2.41. The van der Waals surface area contributed by atoms with Crippen LogP contribution in [0.15, 0.2) is 41.8 Å². The summed E-state index contributed by atoms with van der Waals surface area (Å²) in [6, 6.07) is 10.7. The van der Waals surface area contributed by atoms with Gasteiger partial charge in [0.2, 0.25) is 0 Å². The van der Waals surface area contributed by atoms with Crippen molar-refractivity contribution >= 4 is 17.4 Å². The molecule has 0 aliphatic carbocycles. The lowest BCUT2D eigenvalue weighted by Gasteiger charge is -2.24. The molecule has 0 spiro atoms. The van der Waals surface area contributed by atoms with Crippen molar-refractivity contribution in [1.29, 1.82) is 0 Å². The van der Waals surface area contributed by atoms with Crippen molar-refractivity contribution < 1.29 is 9.90 Å². The van der Waals surface area contributed by atoms with E-state index in [0.717, 1.165) is 5.56 Å². The molecule has 6 heteroatoms. The van der Waals surface area contributed by atoms with Crippen LogP contribution >= 0.6 is 11.3 Å². The number of nitrogens with zero attached hydrogens (tertiary/aromatic N) is 1. The summed E-state index contributed by atoms with van der Waals surface area (Å²) in [6.07, 6.45) is 0. The van der Waals surface area contributed by atoms with Gasteiger partial charge in [-0.15, -0.1) is 11.3 Å². The average molecular weight is 333 g/mol. The third-order valence-corrected chi connectivity index (χ3v) is 4.64. The number of hydrogen-bond donors (Lipinski definition) is 3. The molecule has 2 atom stereocenters. The number of rotatable bonds is 6. The Bertz CT molecular complexity index is 629. The van der Waals surface area contributed by atoms with Gasteiger partial charge < -0.3 is 20.6 Å². The second-order valence-corrected chi connectivity index (χ2v) is 6.65. The predicted molar refractivity (Wildman–Crippen MR) is 93.8 cm³/mol. The van der Waals surface area contributed by atoms with Crippen molar-refractivity contribution in [1.82, 2.24) is 15.5 Å². The number of likely N-dealkylation sites (N-methyl/N-ethyl adjacent to an activating group) is 1. The third kappa shape index (κ3) is 4.97. The number of aromatic hydroxyl groups is 1. The van der Waals surface area contributed by atoms with Crippen LogP contribution in [0.25, 0.3) is 0 Å². The second-order valence-electron chi connectivity index (χ2n) is 5.67. The van der Waals surface area contributed by atoms with E-state index in [2.05, 4.69) is 21.6 Å². The number of nitrogens with one attached hydrogen (secondary N) is 2. The SMILES string of the molecule is C[C@H](NC(=O)NC[C@@H](c1cccs1)N(C)C)c1cccc(O)c1. The van der Waals surface area contributed by atoms with Crippen LogP contribution in [0.3, 0.4) is 0 Å². The summed E-state index contributed by atoms with van der Waals surface area (Å²) < 4.78 is 0. The Morgan fingerprint density at radius 1 is 1.30 bits per heavy atom. The molecule has 0 aliphatic rings. The van der Waals surface area contributed by atoms with E-state index >= 15 is 0 Å². The number of amides is 2. The Hall–Kier alpha value is -2.05. The number of benzene rings is 1. The van der Waals surface area contributed by atoms with E-state index in [4.69, 9.17) is 0 Å². The Morgan fingerprint density at radius 3 is 2.70 bits per heavy atom. The average Bonchev–Trinajstić information content (AvgIpc) is 3.01. The van der Waals surface area contributed by atoms with Crippen LogP contribution < -0.4 is 10.6 Å². The first-order valence-electron chi connectivity index (χ1n) is 7.50. The first kappa shape index (κ1) is 17.3. The lowest BCUT2D eigenvalue weighted by atomic mass is 10.1. The predicted octanol–water partition coefficient (Wildman–Crippen LogP) is 3.12. The zero-order valence-electron chi connectivity index (χ0n) is 13.6. The zero-order chi connectivity index (χ0) is 16.8. The van der Waals surface area contributed by atoms with Gasteiger partial charge in [-0.3, -0.25) is 0 Å². The first-order chi connectivity index (χ1) is 11.0. The van der Waals surface area contributed by atoms with E-state index < -0.39 is 0 Å². The van der Waals surface area contributed by atoms with Gasteiger partial charge >= 0.3 is 6.03 Å². The van der Waals surface area contributed by atoms with Crippen molar-refractivity contribution in [2.75, 3.05) is 20.6 Å². The van der Waals surface area contributed by atoms with Crippen LogP contribution in [0.1, 0.15) is 29.4 Å². The maximum absolute atomic E-state index is 12.1. The highest BCUT2D eigenvalue weighted by Crippen LogP contribution is 2.22. The van der Waals surface area contributed by atoms with Gasteiger partial charge in [0, 0.05) is 11.4 Å². The van der Waals surface area contributed by atoms with Gasteiger partial charge in [-0.25, -0.2) is 4.79 Å². The number of carbonyl (C=O) groups is 1. The molecule has 124 valence electrons. The van der Waals surface area contributed by atoms with Crippen molar-refractivity contribution in [2.24, 2.45) is 0 Å². The highest BCUT2D eigenvalue weighted by molar-refractivity contribution is 7.10. The van der Waals surface area contributed by atoms with Gasteiger partial charge in [-0.1, -0.05) is 18.2 Å². The molecule has 0 saturated carbocycles. The van der Waals surface area contributed by atoms with Crippen LogP contribution in [0, 0.1) is 0 Å². The fraction of sp³-hybridized carbons (Fsp3) is 0.353. The molecule has 1 heterocycles. The van der Waals surface area contributed by atoms with Crippen LogP contribution in [-0.2, 0) is 0 Å². The van der Waals surface area contributed by atoms with Crippen LogP contribution in [0.2, 0.25) is 0 Å². The minimum atomic E-state index is -0.218. The fourth-order valence-electron chi connectivity index (χ4n) is 2.33. The first-order valence-corrected chi connectivity index (χ1v) is 8.38. The summed E-state index contributed by atoms with van der Waals surface area (Å²) in [7, 11) is 4.00. The fourth-order valence-corrected chi connectivity index (χ4v) is 3.26. The molecule has 1 aromatic heterocycles. The van der Waals surface area contributed by atoms with E-state index in [0.29, 0.717) is 6.54 Å². The van der Waals surface area contributed by atoms with Gasteiger partial charge in [0.15, 0.2) is 0 Å². The summed E-state index contributed by atoms with van der Waals surface area (Å²) in [5, 5.41) is 17.4. The third-order valence-electron chi connectivity index (χ3n) is 3.67. The van der Waals surface area contributed by atoms with Crippen LogP contribution in [0.4, 0.5) is 4.79 Å². The second kappa shape index (κ2) is 7.99. The van der Waals surface area contributed by atoms with Crippen molar-refractivity contribution in [3.8, 4) is 5.75 Å². The highest BCUT2D eigenvalue weighted by atomic mass is 32.1. The summed E-state index contributed by atoms with van der Waals surface area (Å²) >= 11 is 1.68. The van der Waals surface area contributed by atoms with E-state index in [1.807, 2.05) is 38.5 Å². The topological polar surface area (TPSA) is 64.6 Å². The number of hydrogen-bond acceptors (Lipinski definition) is 4. The van der Waals surface area contributed by atoms with Crippen molar-refractivity contribution in [2.45, 2.75) is 19.0 Å². The number of urea groups is 1. The lowest BCUT2D eigenvalue weighted by molar-refractivity contribution is 0.230. The van der Waals surface area contributed by atoms with Crippen LogP contribution in [-0.4, -0.2) is 36.7 Å². The van der Waals surface area contributed by atoms with Gasteiger partial charge in [0.05, 0.1) is 12.1 Å². The number of phenolic OH excluding ortho intramolecular Hbond substituents is 1. The number of phenols is 1. The highest BCUT2D eigenvalue weighted by Gasteiger charge is 2.17. The number of thiophene rings is 1. The molecule has 2 amide bonds. The molecule has 0 saturated heterocycles. The minimum absolute atomic E-state index is 0.150. The molecule has 3 N–H and O–H groups in total. The molecular formula is C17H23N3O2S. The van der Waals surface area contributed by atoms with Crippen LogP contribution in [0.5, 0.6) is 5.75 Å². The molecule has 2 aromatic rings. The Morgan fingerprint density at radius 2 is 2.09 bits per heavy atom. The quantitative estimate of drug-likeness (QED) is 0.761. The summed E-state index contributed by atoms with van der Waals surface area (Å²) in [4.78, 5) is 15.4. The summed E-state index contributed by atoms with van der Waals surface area (Å²) in [5.74, 6) is 0.196. The Labute approximate surface area is 140 Å². The molecule has 2 rings (SSSR count). The molecule has 0 radical (unpaired) electrons. The van der Waals surface area contributed by atoms with E-state index in [-0.39, 0.29) is 23.9 Å². The van der Waals surface area contributed by atoms with Gasteiger partial charge in [-0.2, -0.15) is 0 Å². The summed E-state index contributed by atoms with van der Waals surface area (Å²) in [5.41, 5.74) is 0.863. The number of carbonyl (C=O) groups excluding carboxylic acids is 1. The van der Waals surface area contributed by atoms with Crippen molar-refractivity contribution in [3.05, 3.63) is 52.2 Å². The molecule has 23 heavy (non-hydrogen) atoms. The molecule has 0 bridgehead atoms. The standard InChI is InChI=1S/C17H23N3O2S/c1-12(13-6-4-7-14(21)10-13)19-17(22)18-11-15(20(2)3)16-8-5-9-23-16/h4-10,12,15,21H,11H2,1-3H3,(H2,18,19,22)/t12-,15-/m0/s1. The normalized spacial score (nSPS) is 13.6. The Balaban J connectivity index is 1.89. The molecule has 0 aliphatic heterocycles. The van der Waals surface area contributed by atoms with Gasteiger partial charge in [-0.05, 0) is 50.2 Å². The molecule has 5 nitrogen and oxygen atoms in total.